The lowest BCUT2D eigenvalue weighted by Crippen LogP contribution is -2.31. The maximum Gasteiger partial charge on any atom is 0.330 e. The zero-order valence-electron chi connectivity index (χ0n) is 17.0. The number of aromatic amines is 1. The van der Waals surface area contributed by atoms with Gasteiger partial charge in [-0.3, -0.25) is 19.2 Å². The van der Waals surface area contributed by atoms with E-state index >= 15 is 0 Å². The number of nitrogens with one attached hydrogen (secondary N) is 2. The fourth-order valence-electron chi connectivity index (χ4n) is 4.02. The number of imidazole rings is 1. The van der Waals surface area contributed by atoms with Crippen molar-refractivity contribution in [3.05, 3.63) is 57.0 Å². The summed E-state index contributed by atoms with van der Waals surface area (Å²) in [7, 11) is 1.85. The number of benzene rings is 1. The number of unbranched alkanes of at least 4 members (excludes halogenated alkanes) is 1. The second-order valence-corrected chi connectivity index (χ2v) is 7.75. The number of aryl methyl sites for hydroxylation is 2. The van der Waals surface area contributed by atoms with E-state index in [0.717, 1.165) is 43.9 Å². The number of hydrogen-bond acceptors (Lipinski definition) is 5. The van der Waals surface area contributed by atoms with E-state index in [4.69, 9.17) is 4.98 Å². The van der Waals surface area contributed by atoms with Crippen LogP contribution >= 0.6 is 0 Å². The molecule has 0 spiro atoms. The molecule has 1 saturated heterocycles. The molecule has 154 valence electrons. The van der Waals surface area contributed by atoms with Crippen LogP contribution in [0.4, 0.5) is 5.69 Å². The molecule has 2 aromatic heterocycles. The summed E-state index contributed by atoms with van der Waals surface area (Å²) in [4.78, 5) is 34.2. The van der Waals surface area contributed by atoms with E-state index in [9.17, 15) is 9.59 Å². The van der Waals surface area contributed by atoms with Crippen molar-refractivity contribution in [1.82, 2.24) is 24.0 Å². The average molecular weight is 396 g/mol. The van der Waals surface area contributed by atoms with E-state index in [-0.39, 0.29) is 11.2 Å². The molecule has 0 amide bonds. The van der Waals surface area contributed by atoms with Gasteiger partial charge < -0.3 is 9.88 Å². The molecule has 8 nitrogen and oxygen atoms in total. The van der Waals surface area contributed by atoms with Crippen molar-refractivity contribution >= 4 is 16.9 Å². The molecule has 1 fully saturated rings. The number of rotatable bonds is 7. The van der Waals surface area contributed by atoms with Gasteiger partial charge in [-0.05, 0) is 25.0 Å². The highest BCUT2D eigenvalue weighted by molar-refractivity contribution is 5.70. The van der Waals surface area contributed by atoms with Crippen LogP contribution in [0.25, 0.3) is 11.2 Å². The number of aromatic nitrogens is 4. The van der Waals surface area contributed by atoms with Crippen LogP contribution in [0, 0.1) is 0 Å². The Hall–Kier alpha value is -2.87. The minimum Gasteiger partial charge on any atom is -0.381 e. The van der Waals surface area contributed by atoms with Crippen molar-refractivity contribution in [3.63, 3.8) is 0 Å². The number of fused-ring (bicyclic) bond motifs is 1. The normalized spacial score (nSPS) is 17.2. The standard InChI is InChI=1S/C21H28N6O2/c1-3-4-11-27-19-18(20(28)24-21(27)29)25(2)17(23-19)14-26-12-10-16(13-26)22-15-8-6-5-7-9-15/h5-9,16,22H,3-4,10-14H2,1-2H3,(H,24,28,29). The summed E-state index contributed by atoms with van der Waals surface area (Å²) in [5, 5.41) is 3.58. The van der Waals surface area contributed by atoms with Crippen LogP contribution in [-0.4, -0.2) is 43.1 Å². The molecular formula is C21H28N6O2. The molecule has 1 aromatic carbocycles. The average Bonchev–Trinajstić information content (AvgIpc) is 3.27. The zero-order chi connectivity index (χ0) is 20.4. The fraction of sp³-hybridized carbons (Fsp3) is 0.476. The monoisotopic (exact) mass is 396 g/mol. The Balaban J connectivity index is 1.54. The van der Waals surface area contributed by atoms with E-state index in [1.807, 2.05) is 29.8 Å². The van der Waals surface area contributed by atoms with Crippen molar-refractivity contribution in [2.24, 2.45) is 7.05 Å². The molecule has 0 aliphatic carbocycles. The predicted octanol–water partition coefficient (Wildman–Crippen LogP) is 1.91. The maximum absolute atomic E-state index is 12.4. The van der Waals surface area contributed by atoms with E-state index in [1.54, 1.807) is 4.57 Å². The van der Waals surface area contributed by atoms with Crippen LogP contribution in [0.5, 0.6) is 0 Å². The molecule has 3 heterocycles. The lowest BCUT2D eigenvalue weighted by molar-refractivity contribution is 0.316. The molecule has 1 unspecified atom stereocenters. The number of H-pyrrole nitrogens is 1. The first-order chi connectivity index (χ1) is 14.1. The van der Waals surface area contributed by atoms with Crippen LogP contribution in [0.1, 0.15) is 32.0 Å². The second kappa shape index (κ2) is 8.24. The van der Waals surface area contributed by atoms with Gasteiger partial charge in [0.2, 0.25) is 0 Å². The van der Waals surface area contributed by atoms with Crippen LogP contribution in [-0.2, 0) is 20.1 Å². The highest BCUT2D eigenvalue weighted by atomic mass is 16.2. The van der Waals surface area contributed by atoms with Gasteiger partial charge in [-0.15, -0.1) is 0 Å². The molecule has 0 radical (unpaired) electrons. The van der Waals surface area contributed by atoms with Crippen molar-refractivity contribution in [2.45, 2.75) is 45.3 Å². The van der Waals surface area contributed by atoms with Crippen molar-refractivity contribution in [2.75, 3.05) is 18.4 Å². The Kier molecular flexibility index (Phi) is 5.53. The Morgan fingerprint density at radius 3 is 2.79 bits per heavy atom. The topological polar surface area (TPSA) is 87.9 Å². The molecule has 4 rings (SSSR count). The molecule has 2 N–H and O–H groups in total. The van der Waals surface area contributed by atoms with Gasteiger partial charge in [0.1, 0.15) is 5.82 Å². The molecule has 1 atom stereocenters. The summed E-state index contributed by atoms with van der Waals surface area (Å²) in [6.45, 7) is 5.17. The van der Waals surface area contributed by atoms with Crippen molar-refractivity contribution in [1.29, 1.82) is 0 Å². The molecule has 1 aliphatic rings. The zero-order valence-corrected chi connectivity index (χ0v) is 17.0. The summed E-state index contributed by atoms with van der Waals surface area (Å²) in [5.41, 5.74) is 1.34. The van der Waals surface area contributed by atoms with Crippen molar-refractivity contribution in [3.8, 4) is 0 Å². The molecule has 0 saturated carbocycles. The number of para-hydroxylation sites is 1. The summed E-state index contributed by atoms with van der Waals surface area (Å²) < 4.78 is 3.42. The number of likely N-dealkylation sites (tertiary alicyclic amines) is 1. The Morgan fingerprint density at radius 1 is 1.24 bits per heavy atom. The first-order valence-electron chi connectivity index (χ1n) is 10.3. The molecule has 1 aliphatic heterocycles. The first kappa shape index (κ1) is 19.4. The SMILES string of the molecule is CCCCn1c(=O)[nH]c(=O)c2c1nc(CN1CCC(Nc3ccccc3)C1)n2C. The molecule has 3 aromatic rings. The third kappa shape index (κ3) is 3.98. The molecule has 8 heteroatoms. The summed E-state index contributed by atoms with van der Waals surface area (Å²) in [6, 6.07) is 10.6. The van der Waals surface area contributed by atoms with E-state index in [0.29, 0.717) is 30.3 Å². The maximum atomic E-state index is 12.4. The lowest BCUT2D eigenvalue weighted by atomic mass is 10.2. The largest absolute Gasteiger partial charge is 0.381 e. The van der Waals surface area contributed by atoms with Gasteiger partial charge in [0.25, 0.3) is 5.56 Å². The second-order valence-electron chi connectivity index (χ2n) is 7.75. The van der Waals surface area contributed by atoms with Gasteiger partial charge in [0.05, 0.1) is 6.54 Å². The summed E-state index contributed by atoms with van der Waals surface area (Å²) in [5.74, 6) is 0.807. The fourth-order valence-corrected chi connectivity index (χ4v) is 4.02. The minimum atomic E-state index is -0.381. The molecule has 29 heavy (non-hydrogen) atoms. The van der Waals surface area contributed by atoms with Gasteiger partial charge in [0.15, 0.2) is 11.2 Å². The van der Waals surface area contributed by atoms with Crippen molar-refractivity contribution < 1.29 is 0 Å². The number of nitrogens with zero attached hydrogens (tertiary/aromatic N) is 4. The number of hydrogen-bond donors (Lipinski definition) is 2. The quantitative estimate of drug-likeness (QED) is 0.637. The number of anilines is 1. The van der Waals surface area contributed by atoms with Crippen LogP contribution in [0.3, 0.4) is 0 Å². The van der Waals surface area contributed by atoms with Gasteiger partial charge in [0, 0.05) is 38.4 Å². The Labute approximate surface area is 169 Å². The highest BCUT2D eigenvalue weighted by Crippen LogP contribution is 2.19. The van der Waals surface area contributed by atoms with E-state index in [1.165, 1.54) is 0 Å². The summed E-state index contributed by atoms with van der Waals surface area (Å²) in [6.07, 6.45) is 2.89. The van der Waals surface area contributed by atoms with Crippen LogP contribution < -0.4 is 16.6 Å². The third-order valence-electron chi connectivity index (χ3n) is 5.62. The van der Waals surface area contributed by atoms with Gasteiger partial charge in [-0.1, -0.05) is 31.5 Å². The van der Waals surface area contributed by atoms with Crippen LogP contribution in [0.15, 0.2) is 39.9 Å². The predicted molar refractivity (Wildman–Crippen MR) is 114 cm³/mol. The van der Waals surface area contributed by atoms with Gasteiger partial charge in [-0.2, -0.15) is 0 Å². The lowest BCUT2D eigenvalue weighted by Gasteiger charge is -2.17. The highest BCUT2D eigenvalue weighted by Gasteiger charge is 2.25. The first-order valence-corrected chi connectivity index (χ1v) is 10.3. The van der Waals surface area contributed by atoms with Crippen LogP contribution in [0.2, 0.25) is 0 Å². The third-order valence-corrected chi connectivity index (χ3v) is 5.62. The van der Waals surface area contributed by atoms with Gasteiger partial charge >= 0.3 is 5.69 Å². The minimum absolute atomic E-state index is 0.371. The smallest absolute Gasteiger partial charge is 0.330 e. The Bertz CT molecular complexity index is 1100. The van der Waals surface area contributed by atoms with Gasteiger partial charge in [-0.25, -0.2) is 9.78 Å². The van der Waals surface area contributed by atoms with E-state index < -0.39 is 0 Å². The summed E-state index contributed by atoms with van der Waals surface area (Å²) >= 11 is 0. The Morgan fingerprint density at radius 2 is 2.03 bits per heavy atom. The molecular weight excluding hydrogens is 368 g/mol. The van der Waals surface area contributed by atoms with E-state index in [2.05, 4.69) is 34.3 Å². The molecule has 0 bridgehead atoms.